The summed E-state index contributed by atoms with van der Waals surface area (Å²) < 4.78 is 37.9. The molecule has 0 aromatic heterocycles. The highest BCUT2D eigenvalue weighted by Gasteiger charge is 2.22. The van der Waals surface area contributed by atoms with Crippen molar-refractivity contribution in [3.05, 3.63) is 53.6 Å². The fourth-order valence-corrected chi connectivity index (χ4v) is 3.43. The Morgan fingerprint density at radius 2 is 1.71 bits per heavy atom. The summed E-state index contributed by atoms with van der Waals surface area (Å²) in [6.07, 6.45) is -1.01. The second-order valence-corrected chi connectivity index (χ2v) is 7.65. The van der Waals surface area contributed by atoms with Gasteiger partial charge < -0.3 is 14.8 Å². The highest BCUT2D eigenvalue weighted by Crippen LogP contribution is 2.22. The summed E-state index contributed by atoms with van der Waals surface area (Å²) in [5, 5.41) is 2.38. The molecule has 0 fully saturated rings. The van der Waals surface area contributed by atoms with Crippen molar-refractivity contribution in [2.45, 2.75) is 24.8 Å². The van der Waals surface area contributed by atoms with E-state index in [1.807, 2.05) is 0 Å². The molecule has 0 aliphatic carbocycles. The lowest BCUT2D eigenvalue weighted by molar-refractivity contribution is -0.128. The summed E-state index contributed by atoms with van der Waals surface area (Å²) >= 11 is 0. The maximum atomic E-state index is 12.7. The Bertz CT molecular complexity index is 970. The molecule has 0 heterocycles. The Balaban J connectivity index is 2.27. The molecule has 0 spiro atoms. The molecule has 0 saturated heterocycles. The number of likely N-dealkylation sites (N-methyl/N-ethyl adjacent to an activating group) is 1. The van der Waals surface area contributed by atoms with Gasteiger partial charge in [-0.25, -0.2) is 13.2 Å². The van der Waals surface area contributed by atoms with Crippen molar-refractivity contribution in [3.8, 4) is 5.75 Å². The van der Waals surface area contributed by atoms with Gasteiger partial charge in [0.05, 0.1) is 17.6 Å². The van der Waals surface area contributed by atoms with Crippen LogP contribution >= 0.6 is 0 Å². The van der Waals surface area contributed by atoms with Crippen molar-refractivity contribution in [3.63, 3.8) is 0 Å². The van der Waals surface area contributed by atoms with Gasteiger partial charge in [-0.05, 0) is 55.8 Å². The molecule has 0 unspecified atom stereocenters. The van der Waals surface area contributed by atoms with Gasteiger partial charge in [-0.15, -0.1) is 0 Å². The van der Waals surface area contributed by atoms with Crippen LogP contribution in [-0.4, -0.2) is 40.6 Å². The van der Waals surface area contributed by atoms with Gasteiger partial charge in [0.15, 0.2) is 6.10 Å². The molecular weight excluding hydrogens is 384 g/mol. The molecular formula is C19H22N2O6S. The van der Waals surface area contributed by atoms with Gasteiger partial charge in [-0.3, -0.25) is 9.52 Å². The van der Waals surface area contributed by atoms with Crippen molar-refractivity contribution in [2.75, 3.05) is 18.9 Å². The number of ether oxygens (including phenoxy) is 2. The first kappa shape index (κ1) is 21.2. The van der Waals surface area contributed by atoms with Gasteiger partial charge in [0.25, 0.3) is 15.9 Å². The van der Waals surface area contributed by atoms with Crippen molar-refractivity contribution in [2.24, 2.45) is 0 Å². The Morgan fingerprint density at radius 3 is 2.29 bits per heavy atom. The number of nitrogens with one attached hydrogen (secondary N) is 2. The van der Waals surface area contributed by atoms with Crippen LogP contribution in [0.1, 0.15) is 22.8 Å². The van der Waals surface area contributed by atoms with E-state index in [2.05, 4.69) is 10.0 Å². The molecule has 0 radical (unpaired) electrons. The summed E-state index contributed by atoms with van der Waals surface area (Å²) in [6, 6.07) is 10.5. The Hall–Kier alpha value is -3.07. The summed E-state index contributed by atoms with van der Waals surface area (Å²) in [4.78, 5) is 23.8. The molecule has 0 bridgehead atoms. The van der Waals surface area contributed by atoms with E-state index in [1.165, 1.54) is 39.3 Å². The SMILES string of the molecule is CNC(=O)[C@@H](C)OC(=O)c1cc(S(=O)(=O)Nc2ccc(OC)cc2)ccc1C. The van der Waals surface area contributed by atoms with Crippen molar-refractivity contribution < 1.29 is 27.5 Å². The van der Waals surface area contributed by atoms with E-state index >= 15 is 0 Å². The van der Waals surface area contributed by atoms with E-state index in [0.717, 1.165) is 0 Å². The second kappa shape index (κ2) is 8.75. The average Bonchev–Trinajstić information content (AvgIpc) is 2.67. The Kier molecular flexibility index (Phi) is 6.63. The monoisotopic (exact) mass is 406 g/mol. The first-order chi connectivity index (χ1) is 13.2. The molecule has 2 aromatic rings. The third-order valence-corrected chi connectivity index (χ3v) is 5.36. The molecule has 9 heteroatoms. The number of hydrogen-bond acceptors (Lipinski definition) is 6. The summed E-state index contributed by atoms with van der Waals surface area (Å²) in [5.74, 6) is -0.653. The fourth-order valence-electron chi connectivity index (χ4n) is 2.34. The van der Waals surface area contributed by atoms with Crippen molar-refractivity contribution >= 4 is 27.6 Å². The van der Waals surface area contributed by atoms with Crippen LogP contribution < -0.4 is 14.8 Å². The van der Waals surface area contributed by atoms with Gasteiger partial charge in [-0.2, -0.15) is 0 Å². The molecule has 2 N–H and O–H groups in total. The number of anilines is 1. The summed E-state index contributed by atoms with van der Waals surface area (Å²) in [7, 11) is -0.995. The minimum absolute atomic E-state index is 0.0633. The normalized spacial score (nSPS) is 12.0. The lowest BCUT2D eigenvalue weighted by Crippen LogP contribution is -2.33. The maximum absolute atomic E-state index is 12.7. The van der Waals surface area contributed by atoms with Crippen LogP contribution in [0.15, 0.2) is 47.4 Å². The van der Waals surface area contributed by atoms with Gasteiger partial charge in [0, 0.05) is 12.7 Å². The first-order valence-corrected chi connectivity index (χ1v) is 9.86. The van der Waals surface area contributed by atoms with E-state index in [4.69, 9.17) is 9.47 Å². The predicted molar refractivity (Wildman–Crippen MR) is 104 cm³/mol. The third-order valence-electron chi connectivity index (χ3n) is 3.98. The van der Waals surface area contributed by atoms with E-state index in [9.17, 15) is 18.0 Å². The number of carbonyl (C=O) groups excluding carboxylic acids is 2. The quantitative estimate of drug-likeness (QED) is 0.681. The van der Waals surface area contributed by atoms with Crippen molar-refractivity contribution in [1.29, 1.82) is 0 Å². The molecule has 0 aliphatic heterocycles. The number of sulfonamides is 1. The number of methoxy groups -OCH3 is 1. The topological polar surface area (TPSA) is 111 Å². The minimum atomic E-state index is -3.93. The van der Waals surface area contributed by atoms with E-state index in [1.54, 1.807) is 31.2 Å². The van der Waals surface area contributed by atoms with E-state index < -0.39 is 28.0 Å². The lowest BCUT2D eigenvalue weighted by atomic mass is 10.1. The average molecular weight is 406 g/mol. The Morgan fingerprint density at radius 1 is 1.07 bits per heavy atom. The fraction of sp³-hybridized carbons (Fsp3) is 0.263. The zero-order valence-electron chi connectivity index (χ0n) is 16.0. The number of esters is 1. The highest BCUT2D eigenvalue weighted by atomic mass is 32.2. The third kappa shape index (κ3) is 5.01. The zero-order chi connectivity index (χ0) is 20.9. The lowest BCUT2D eigenvalue weighted by Gasteiger charge is -2.14. The van der Waals surface area contributed by atoms with Crippen LogP contribution in [0.5, 0.6) is 5.75 Å². The number of hydrogen-bond donors (Lipinski definition) is 2. The van der Waals surface area contributed by atoms with E-state index in [-0.39, 0.29) is 10.5 Å². The van der Waals surface area contributed by atoms with Gasteiger partial charge >= 0.3 is 5.97 Å². The van der Waals surface area contributed by atoms with Crippen LogP contribution in [0, 0.1) is 6.92 Å². The number of carbonyl (C=O) groups is 2. The standard InChI is InChI=1S/C19H22N2O6S/c1-12-5-10-16(11-17(12)19(23)27-13(2)18(22)20-3)28(24,25)21-14-6-8-15(26-4)9-7-14/h5-11,13,21H,1-4H3,(H,20,22)/t13-/m1/s1. The molecule has 1 atom stereocenters. The zero-order valence-corrected chi connectivity index (χ0v) is 16.8. The number of amides is 1. The van der Waals surface area contributed by atoms with Gasteiger partial charge in [0.2, 0.25) is 0 Å². The second-order valence-electron chi connectivity index (χ2n) is 5.97. The molecule has 2 rings (SSSR count). The van der Waals surface area contributed by atoms with Crippen LogP contribution in [0.4, 0.5) is 5.69 Å². The molecule has 2 aromatic carbocycles. The molecule has 150 valence electrons. The maximum Gasteiger partial charge on any atom is 0.339 e. The molecule has 0 saturated carbocycles. The highest BCUT2D eigenvalue weighted by molar-refractivity contribution is 7.92. The largest absolute Gasteiger partial charge is 0.497 e. The van der Waals surface area contributed by atoms with Crippen LogP contribution in [-0.2, 0) is 19.6 Å². The van der Waals surface area contributed by atoms with Crippen LogP contribution in [0.3, 0.4) is 0 Å². The number of rotatable bonds is 7. The van der Waals surface area contributed by atoms with Gasteiger partial charge in [0.1, 0.15) is 5.75 Å². The molecule has 28 heavy (non-hydrogen) atoms. The predicted octanol–water partition coefficient (Wildman–Crippen LogP) is 2.10. The molecule has 0 aliphatic rings. The molecule has 1 amide bonds. The molecule has 8 nitrogen and oxygen atoms in total. The van der Waals surface area contributed by atoms with Crippen molar-refractivity contribution in [1.82, 2.24) is 5.32 Å². The van der Waals surface area contributed by atoms with Crippen LogP contribution in [0.2, 0.25) is 0 Å². The smallest absolute Gasteiger partial charge is 0.339 e. The summed E-state index contributed by atoms with van der Waals surface area (Å²) in [5.41, 5.74) is 0.935. The summed E-state index contributed by atoms with van der Waals surface area (Å²) in [6.45, 7) is 3.08. The van der Waals surface area contributed by atoms with Crippen LogP contribution in [0.25, 0.3) is 0 Å². The van der Waals surface area contributed by atoms with Gasteiger partial charge in [-0.1, -0.05) is 6.07 Å². The van der Waals surface area contributed by atoms with E-state index in [0.29, 0.717) is 17.0 Å². The number of aryl methyl sites for hydroxylation is 1. The Labute approximate surface area is 163 Å². The minimum Gasteiger partial charge on any atom is -0.497 e. The first-order valence-electron chi connectivity index (χ1n) is 8.38. The number of benzene rings is 2.